The Morgan fingerprint density at radius 2 is 1.86 bits per heavy atom. The van der Waals surface area contributed by atoms with Gasteiger partial charge in [-0.1, -0.05) is 49.4 Å². The molecule has 2 N–H and O–H groups in total. The van der Waals surface area contributed by atoms with Gasteiger partial charge in [0.05, 0.1) is 25.5 Å². The molecular formula is C27H32N6O2. The monoisotopic (exact) mass is 472 g/mol. The summed E-state index contributed by atoms with van der Waals surface area (Å²) in [6.07, 6.45) is 7.52. The van der Waals surface area contributed by atoms with E-state index in [0.717, 1.165) is 36.4 Å². The third-order valence-electron chi connectivity index (χ3n) is 5.71. The van der Waals surface area contributed by atoms with Crippen LogP contribution in [0.15, 0.2) is 79.4 Å². The van der Waals surface area contributed by atoms with E-state index in [1.54, 1.807) is 11.8 Å². The maximum absolute atomic E-state index is 6.06. The fourth-order valence-electron chi connectivity index (χ4n) is 3.71. The highest BCUT2D eigenvalue weighted by Gasteiger charge is 2.21. The molecule has 1 aliphatic heterocycles. The van der Waals surface area contributed by atoms with Crippen molar-refractivity contribution in [2.75, 3.05) is 32.1 Å². The fraction of sp³-hybridized carbons (Fsp3) is 0.296. The van der Waals surface area contributed by atoms with Gasteiger partial charge in [-0.3, -0.25) is 4.68 Å². The van der Waals surface area contributed by atoms with E-state index in [-0.39, 0.29) is 6.10 Å². The van der Waals surface area contributed by atoms with E-state index < -0.39 is 0 Å². The quantitative estimate of drug-likeness (QED) is 0.418. The highest BCUT2D eigenvalue weighted by atomic mass is 16.5. The molecule has 0 amide bonds. The zero-order valence-corrected chi connectivity index (χ0v) is 20.4. The lowest BCUT2D eigenvalue weighted by Crippen LogP contribution is -2.40. The molecule has 0 fully saturated rings. The second-order valence-electron chi connectivity index (χ2n) is 8.45. The van der Waals surface area contributed by atoms with Crippen molar-refractivity contribution >= 4 is 5.69 Å². The van der Waals surface area contributed by atoms with E-state index in [1.807, 2.05) is 74.3 Å². The van der Waals surface area contributed by atoms with E-state index >= 15 is 0 Å². The number of aryl methyl sites for hydroxylation is 1. The summed E-state index contributed by atoms with van der Waals surface area (Å²) in [5.74, 6) is 1.62. The molecule has 4 heterocycles. The van der Waals surface area contributed by atoms with Gasteiger partial charge < -0.3 is 20.1 Å². The van der Waals surface area contributed by atoms with Crippen LogP contribution in [-0.2, 0) is 7.05 Å². The second-order valence-corrected chi connectivity index (χ2v) is 8.45. The van der Waals surface area contributed by atoms with Crippen LogP contribution in [0.2, 0.25) is 0 Å². The number of ether oxygens (including phenoxy) is 2. The van der Waals surface area contributed by atoms with Crippen molar-refractivity contribution in [2.45, 2.75) is 18.9 Å². The summed E-state index contributed by atoms with van der Waals surface area (Å²) in [7, 11) is 3.53. The molecule has 0 saturated carbocycles. The topological polar surface area (TPSA) is 86.1 Å². The number of nitrogens with one attached hydrogen (secondary N) is 2. The van der Waals surface area contributed by atoms with E-state index in [4.69, 9.17) is 9.47 Å². The summed E-state index contributed by atoms with van der Waals surface area (Å²) in [6, 6.07) is 18.0. The normalized spacial score (nSPS) is 15.0. The molecule has 4 aromatic rings. The minimum Gasteiger partial charge on any atom is -0.481 e. The second kappa shape index (κ2) is 12.0. The van der Waals surface area contributed by atoms with Gasteiger partial charge in [0.25, 0.3) is 0 Å². The zero-order valence-electron chi connectivity index (χ0n) is 20.4. The minimum absolute atomic E-state index is 0.0282. The lowest BCUT2D eigenvalue weighted by atomic mass is 10.0. The number of aromatic nitrogens is 4. The van der Waals surface area contributed by atoms with Crippen LogP contribution in [0.4, 0.5) is 5.69 Å². The molecule has 0 radical (unpaired) electrons. The minimum atomic E-state index is 0.0282. The van der Waals surface area contributed by atoms with Gasteiger partial charge in [-0.15, -0.1) is 0 Å². The number of rotatable bonds is 7. The van der Waals surface area contributed by atoms with E-state index in [1.165, 1.54) is 5.56 Å². The SMILES string of the molecule is COc1ccc(C(C)CNCC2CNc3cc(-c4cnn(C)c4)cnc3O2)cn1.c1ccccc1. The van der Waals surface area contributed by atoms with Crippen molar-refractivity contribution in [3.63, 3.8) is 0 Å². The molecule has 2 unspecified atom stereocenters. The van der Waals surface area contributed by atoms with Gasteiger partial charge in [0.1, 0.15) is 6.10 Å². The molecule has 2 atom stereocenters. The van der Waals surface area contributed by atoms with Gasteiger partial charge in [0.15, 0.2) is 0 Å². The number of hydrogen-bond donors (Lipinski definition) is 2. The first-order chi connectivity index (χ1) is 17.1. The molecule has 1 aromatic carbocycles. The summed E-state index contributed by atoms with van der Waals surface area (Å²) in [4.78, 5) is 8.77. The number of methoxy groups -OCH3 is 1. The van der Waals surface area contributed by atoms with Crippen LogP contribution >= 0.6 is 0 Å². The van der Waals surface area contributed by atoms with Crippen LogP contribution in [0, 0.1) is 0 Å². The predicted octanol–water partition coefficient (Wildman–Crippen LogP) is 4.14. The maximum atomic E-state index is 6.06. The van der Waals surface area contributed by atoms with Gasteiger partial charge in [0, 0.05) is 55.9 Å². The van der Waals surface area contributed by atoms with Crippen molar-refractivity contribution in [3.05, 3.63) is 84.9 Å². The maximum Gasteiger partial charge on any atom is 0.237 e. The lowest BCUT2D eigenvalue weighted by Gasteiger charge is -2.27. The number of benzene rings is 1. The molecule has 3 aromatic heterocycles. The van der Waals surface area contributed by atoms with Crippen LogP contribution in [0.3, 0.4) is 0 Å². The first-order valence-corrected chi connectivity index (χ1v) is 11.7. The zero-order chi connectivity index (χ0) is 24.5. The van der Waals surface area contributed by atoms with E-state index in [2.05, 4.69) is 44.8 Å². The molecule has 8 nitrogen and oxygen atoms in total. The van der Waals surface area contributed by atoms with Crippen LogP contribution in [0.5, 0.6) is 11.8 Å². The van der Waals surface area contributed by atoms with E-state index in [9.17, 15) is 0 Å². The van der Waals surface area contributed by atoms with Gasteiger partial charge in [0.2, 0.25) is 11.8 Å². The van der Waals surface area contributed by atoms with Gasteiger partial charge in [-0.25, -0.2) is 9.97 Å². The largest absolute Gasteiger partial charge is 0.481 e. The Morgan fingerprint density at radius 3 is 2.49 bits per heavy atom. The van der Waals surface area contributed by atoms with E-state index in [0.29, 0.717) is 17.7 Å². The lowest BCUT2D eigenvalue weighted by molar-refractivity contribution is 0.193. The summed E-state index contributed by atoms with van der Waals surface area (Å²) in [5.41, 5.74) is 4.15. The van der Waals surface area contributed by atoms with Crippen LogP contribution in [0.25, 0.3) is 11.1 Å². The fourth-order valence-corrected chi connectivity index (χ4v) is 3.71. The highest BCUT2D eigenvalue weighted by molar-refractivity contribution is 5.69. The molecule has 0 spiro atoms. The predicted molar refractivity (Wildman–Crippen MR) is 138 cm³/mol. The number of hydrogen-bond acceptors (Lipinski definition) is 7. The number of nitrogens with zero attached hydrogens (tertiary/aromatic N) is 4. The van der Waals surface area contributed by atoms with Crippen molar-refractivity contribution in [1.82, 2.24) is 25.1 Å². The Hall–Kier alpha value is -3.91. The highest BCUT2D eigenvalue weighted by Crippen LogP contribution is 2.31. The first-order valence-electron chi connectivity index (χ1n) is 11.7. The van der Waals surface area contributed by atoms with Crippen LogP contribution in [-0.4, -0.2) is 52.6 Å². The molecule has 35 heavy (non-hydrogen) atoms. The number of fused-ring (bicyclic) bond motifs is 1. The summed E-state index contributed by atoms with van der Waals surface area (Å²) >= 11 is 0. The summed E-state index contributed by atoms with van der Waals surface area (Å²) in [6.45, 7) is 4.49. The molecule has 182 valence electrons. The Kier molecular flexibility index (Phi) is 8.30. The third kappa shape index (κ3) is 6.80. The van der Waals surface area contributed by atoms with Crippen LogP contribution in [0.1, 0.15) is 18.4 Å². The van der Waals surface area contributed by atoms with Crippen molar-refractivity contribution in [2.24, 2.45) is 7.05 Å². The number of anilines is 1. The molecule has 0 saturated heterocycles. The van der Waals surface area contributed by atoms with Crippen molar-refractivity contribution in [3.8, 4) is 22.9 Å². The van der Waals surface area contributed by atoms with Gasteiger partial charge in [-0.05, 0) is 17.5 Å². The molecule has 0 bridgehead atoms. The Labute approximate surface area is 206 Å². The Balaban J connectivity index is 0.000000421. The number of pyridine rings is 2. The average Bonchev–Trinajstić information content (AvgIpc) is 3.36. The third-order valence-corrected chi connectivity index (χ3v) is 5.71. The Morgan fingerprint density at radius 1 is 1.09 bits per heavy atom. The standard InChI is InChI=1S/C21H26N6O2.C6H6/c1-14(15-4-5-20(28-3)24-8-15)7-22-11-18-12-23-19-6-16(9-25-21(19)29-18)17-10-26-27(2)13-17;1-2-4-6-5-3-1/h4-6,8-10,13-14,18,22-23H,7,11-12H2,1-3H3;1-6H. The molecule has 0 aliphatic carbocycles. The molecule has 5 rings (SSSR count). The summed E-state index contributed by atoms with van der Waals surface area (Å²) < 4.78 is 13.0. The first kappa shape index (κ1) is 24.2. The molecular weight excluding hydrogens is 440 g/mol. The smallest absolute Gasteiger partial charge is 0.237 e. The van der Waals surface area contributed by atoms with Crippen LogP contribution < -0.4 is 20.1 Å². The Bertz CT molecular complexity index is 1150. The molecule has 8 heteroatoms. The summed E-state index contributed by atoms with van der Waals surface area (Å²) in [5, 5.41) is 11.1. The van der Waals surface area contributed by atoms with Crippen molar-refractivity contribution < 1.29 is 9.47 Å². The molecule has 1 aliphatic rings. The average molecular weight is 473 g/mol. The van der Waals surface area contributed by atoms with Crippen molar-refractivity contribution in [1.29, 1.82) is 0 Å². The van der Waals surface area contributed by atoms with Gasteiger partial charge in [-0.2, -0.15) is 5.10 Å². The van der Waals surface area contributed by atoms with Gasteiger partial charge >= 0.3 is 0 Å².